The minimum Gasteiger partial charge on any atom is -0.439 e. The molecule has 94 valence electrons. The van der Waals surface area contributed by atoms with Crippen LogP contribution >= 0.6 is 46.4 Å². The molecule has 2 rings (SSSR count). The highest BCUT2D eigenvalue weighted by Gasteiger charge is 2.24. The van der Waals surface area contributed by atoms with Crippen molar-refractivity contribution in [3.63, 3.8) is 0 Å². The van der Waals surface area contributed by atoms with E-state index in [1.54, 1.807) is 42.5 Å². The number of pyridine rings is 1. The summed E-state index contributed by atoms with van der Waals surface area (Å²) in [5.74, 6) is 0.953. The minimum absolute atomic E-state index is 0.305. The van der Waals surface area contributed by atoms with Gasteiger partial charge in [-0.25, -0.2) is 4.98 Å². The lowest BCUT2D eigenvalue weighted by Crippen LogP contribution is -2.03. The summed E-state index contributed by atoms with van der Waals surface area (Å²) in [7, 11) is 0. The van der Waals surface area contributed by atoms with Crippen molar-refractivity contribution in [1.82, 2.24) is 4.98 Å². The van der Waals surface area contributed by atoms with Gasteiger partial charge in [-0.2, -0.15) is 0 Å². The van der Waals surface area contributed by atoms with Gasteiger partial charge in [0, 0.05) is 11.1 Å². The first-order valence-corrected chi connectivity index (χ1v) is 6.44. The quantitative estimate of drug-likeness (QED) is 0.695. The number of rotatable bonds is 2. The Morgan fingerprint density at radius 3 is 2.22 bits per heavy atom. The molecule has 0 saturated carbocycles. The monoisotopic (exact) mass is 321 g/mol. The molecule has 0 bridgehead atoms. The van der Waals surface area contributed by atoms with Gasteiger partial charge in [0.15, 0.2) is 0 Å². The Morgan fingerprint density at radius 1 is 0.944 bits per heavy atom. The van der Waals surface area contributed by atoms with Gasteiger partial charge in [0.05, 0.1) is 5.69 Å². The average Bonchev–Trinajstić information content (AvgIpc) is 2.31. The van der Waals surface area contributed by atoms with Crippen LogP contribution in [0.1, 0.15) is 5.69 Å². The maximum atomic E-state index is 5.78. The third-order valence-electron chi connectivity index (χ3n) is 2.05. The Balaban J connectivity index is 2.22. The fraction of sp³-hybridized carbons (Fsp3) is 0.0833. The van der Waals surface area contributed by atoms with Gasteiger partial charge in [0.2, 0.25) is 9.67 Å². The second-order valence-corrected chi connectivity index (χ2v) is 6.13. The van der Waals surface area contributed by atoms with Crippen molar-refractivity contribution in [3.8, 4) is 11.6 Å². The summed E-state index contributed by atoms with van der Waals surface area (Å²) in [5.41, 5.74) is 0.305. The van der Waals surface area contributed by atoms with Crippen molar-refractivity contribution in [3.05, 3.63) is 53.2 Å². The van der Waals surface area contributed by atoms with Gasteiger partial charge in [-0.3, -0.25) is 0 Å². The van der Waals surface area contributed by atoms with E-state index < -0.39 is 3.79 Å². The smallest absolute Gasteiger partial charge is 0.232 e. The molecule has 1 aromatic carbocycles. The fourth-order valence-electron chi connectivity index (χ4n) is 1.25. The molecular formula is C12H7Cl4NO. The van der Waals surface area contributed by atoms with Crippen LogP contribution in [0.25, 0.3) is 0 Å². The fourth-order valence-corrected chi connectivity index (χ4v) is 1.69. The summed E-state index contributed by atoms with van der Waals surface area (Å²) in [6.07, 6.45) is 0. The molecule has 2 nitrogen and oxygen atoms in total. The zero-order chi connectivity index (χ0) is 13.2. The Hall–Kier alpha value is -0.670. The summed E-state index contributed by atoms with van der Waals surface area (Å²) in [5, 5.41) is 0.630. The molecule has 1 heterocycles. The van der Waals surface area contributed by atoms with Crippen molar-refractivity contribution >= 4 is 46.4 Å². The van der Waals surface area contributed by atoms with Gasteiger partial charge in [-0.15, -0.1) is 0 Å². The molecule has 0 aliphatic rings. The first kappa shape index (κ1) is 13.8. The summed E-state index contributed by atoms with van der Waals surface area (Å²) >= 11 is 23.0. The van der Waals surface area contributed by atoms with Crippen molar-refractivity contribution in [1.29, 1.82) is 0 Å². The first-order valence-electron chi connectivity index (χ1n) is 4.93. The number of nitrogens with zero attached hydrogens (tertiary/aromatic N) is 1. The van der Waals surface area contributed by atoms with Crippen LogP contribution in [0, 0.1) is 0 Å². The molecule has 0 aliphatic heterocycles. The van der Waals surface area contributed by atoms with E-state index in [0.29, 0.717) is 22.3 Å². The Kier molecular flexibility index (Phi) is 4.23. The van der Waals surface area contributed by atoms with E-state index >= 15 is 0 Å². The van der Waals surface area contributed by atoms with E-state index in [1.807, 2.05) is 0 Å². The Bertz CT molecular complexity index is 537. The molecule has 2 aromatic rings. The Labute approximate surface area is 124 Å². The molecular weight excluding hydrogens is 316 g/mol. The van der Waals surface area contributed by atoms with E-state index in [4.69, 9.17) is 51.1 Å². The minimum atomic E-state index is -1.57. The molecule has 0 spiro atoms. The largest absolute Gasteiger partial charge is 0.439 e. The Morgan fingerprint density at radius 2 is 1.61 bits per heavy atom. The molecule has 0 aliphatic carbocycles. The molecule has 0 unspecified atom stereocenters. The third-order valence-corrected chi connectivity index (χ3v) is 2.88. The molecule has 0 saturated heterocycles. The highest BCUT2D eigenvalue weighted by Crippen LogP contribution is 2.37. The predicted molar refractivity (Wildman–Crippen MR) is 75.0 cm³/mol. The highest BCUT2D eigenvalue weighted by atomic mass is 35.6. The zero-order valence-electron chi connectivity index (χ0n) is 8.91. The highest BCUT2D eigenvalue weighted by molar-refractivity contribution is 6.66. The van der Waals surface area contributed by atoms with E-state index in [9.17, 15) is 0 Å². The molecule has 0 fully saturated rings. The van der Waals surface area contributed by atoms with Crippen LogP contribution in [0.15, 0.2) is 42.5 Å². The standard InChI is InChI=1S/C12H7Cl4NO/c13-8-4-6-9(7-5-8)18-11-3-1-2-10(17-11)12(14,15)16/h1-7H. The van der Waals surface area contributed by atoms with Gasteiger partial charge in [-0.05, 0) is 30.3 Å². The summed E-state index contributed by atoms with van der Waals surface area (Å²) < 4.78 is 3.95. The predicted octanol–water partition coefficient (Wildman–Crippen LogP) is 5.35. The number of halogens is 4. The van der Waals surface area contributed by atoms with Crippen LogP contribution in [-0.4, -0.2) is 4.98 Å². The normalized spacial score (nSPS) is 11.3. The number of benzene rings is 1. The lowest BCUT2D eigenvalue weighted by Gasteiger charge is -2.11. The average molecular weight is 323 g/mol. The topological polar surface area (TPSA) is 22.1 Å². The van der Waals surface area contributed by atoms with E-state index in [1.165, 1.54) is 0 Å². The molecule has 1 aromatic heterocycles. The molecule has 18 heavy (non-hydrogen) atoms. The van der Waals surface area contributed by atoms with Crippen LogP contribution in [0.2, 0.25) is 5.02 Å². The maximum absolute atomic E-state index is 5.78. The lowest BCUT2D eigenvalue weighted by molar-refractivity contribution is 0.461. The van der Waals surface area contributed by atoms with Crippen molar-refractivity contribution in [2.45, 2.75) is 3.79 Å². The van der Waals surface area contributed by atoms with Gasteiger partial charge in [0.1, 0.15) is 5.75 Å². The second-order valence-electron chi connectivity index (χ2n) is 3.41. The molecule has 0 N–H and O–H groups in total. The molecule has 0 amide bonds. The third kappa shape index (κ3) is 3.66. The van der Waals surface area contributed by atoms with Gasteiger partial charge in [0.25, 0.3) is 0 Å². The van der Waals surface area contributed by atoms with Crippen LogP contribution in [-0.2, 0) is 3.79 Å². The van der Waals surface area contributed by atoms with Gasteiger partial charge in [-0.1, -0.05) is 52.5 Å². The number of alkyl halides is 3. The first-order chi connectivity index (χ1) is 8.45. The summed E-state index contributed by atoms with van der Waals surface area (Å²) in [6, 6.07) is 11.9. The second kappa shape index (κ2) is 5.54. The summed E-state index contributed by atoms with van der Waals surface area (Å²) in [4.78, 5) is 4.11. The number of hydrogen-bond donors (Lipinski definition) is 0. The van der Waals surface area contributed by atoms with Gasteiger partial charge < -0.3 is 4.74 Å². The van der Waals surface area contributed by atoms with Crippen LogP contribution in [0.5, 0.6) is 11.6 Å². The van der Waals surface area contributed by atoms with E-state index in [-0.39, 0.29) is 0 Å². The van der Waals surface area contributed by atoms with Crippen molar-refractivity contribution in [2.75, 3.05) is 0 Å². The number of hydrogen-bond acceptors (Lipinski definition) is 2. The molecule has 0 radical (unpaired) electrons. The van der Waals surface area contributed by atoms with E-state index in [0.717, 1.165) is 0 Å². The lowest BCUT2D eigenvalue weighted by atomic mass is 10.3. The summed E-state index contributed by atoms with van der Waals surface area (Å²) in [6.45, 7) is 0. The van der Waals surface area contributed by atoms with E-state index in [2.05, 4.69) is 4.98 Å². The van der Waals surface area contributed by atoms with Crippen molar-refractivity contribution < 1.29 is 4.74 Å². The molecule has 6 heteroatoms. The maximum Gasteiger partial charge on any atom is 0.232 e. The molecule has 0 atom stereocenters. The van der Waals surface area contributed by atoms with Crippen LogP contribution in [0.3, 0.4) is 0 Å². The number of ether oxygens (including phenoxy) is 1. The van der Waals surface area contributed by atoms with Crippen molar-refractivity contribution in [2.24, 2.45) is 0 Å². The van der Waals surface area contributed by atoms with Crippen LogP contribution in [0.4, 0.5) is 0 Å². The van der Waals surface area contributed by atoms with Crippen LogP contribution < -0.4 is 4.74 Å². The van der Waals surface area contributed by atoms with Gasteiger partial charge >= 0.3 is 0 Å². The zero-order valence-corrected chi connectivity index (χ0v) is 11.9. The SMILES string of the molecule is Clc1ccc(Oc2cccc(C(Cl)(Cl)Cl)n2)cc1. The number of aromatic nitrogens is 1.